The number of hydrogen-bond acceptors (Lipinski definition) is 5. The van der Waals surface area contributed by atoms with Crippen molar-refractivity contribution in [2.45, 2.75) is 30.5 Å². The Hall–Kier alpha value is -2.94. The molecule has 2 aromatic rings. The van der Waals surface area contributed by atoms with Crippen molar-refractivity contribution in [2.24, 2.45) is 0 Å². The molecule has 5 nitrogen and oxygen atoms in total. The Morgan fingerprint density at radius 2 is 1.75 bits per heavy atom. The summed E-state index contributed by atoms with van der Waals surface area (Å²) in [7, 11) is 0. The zero-order chi connectivity index (χ0) is 20.9. The van der Waals surface area contributed by atoms with Crippen LogP contribution in [0.4, 0.5) is 30.7 Å². The first-order valence-electron chi connectivity index (χ1n) is 7.46. The second kappa shape index (κ2) is 6.59. The fraction of sp³-hybridized carbons (Fsp3) is 0.312. The summed E-state index contributed by atoms with van der Waals surface area (Å²) < 4.78 is 99.1. The minimum Gasteiger partial charge on any atom is -0.454 e. The van der Waals surface area contributed by atoms with Crippen LogP contribution >= 0.6 is 0 Å². The lowest BCUT2D eigenvalue weighted by atomic mass is 10.0. The van der Waals surface area contributed by atoms with E-state index >= 15 is 0 Å². The molecular formula is C16H8F7N3O2. The van der Waals surface area contributed by atoms with Crippen LogP contribution in [0.2, 0.25) is 0 Å². The number of pyridine rings is 2. The highest BCUT2D eigenvalue weighted by molar-refractivity contribution is 5.51. The highest BCUT2D eigenvalue weighted by Crippen LogP contribution is 2.54. The molecule has 0 spiro atoms. The summed E-state index contributed by atoms with van der Waals surface area (Å²) >= 11 is 0. The summed E-state index contributed by atoms with van der Waals surface area (Å²) in [5, 5.41) is 18.5. The molecule has 0 amide bonds. The van der Waals surface area contributed by atoms with Gasteiger partial charge in [-0.15, -0.1) is 0 Å². The molecule has 1 aliphatic carbocycles. The van der Waals surface area contributed by atoms with E-state index in [-0.39, 0.29) is 11.3 Å². The number of aromatic nitrogens is 2. The molecular weight excluding hydrogens is 399 g/mol. The minimum atomic E-state index is -6.11. The van der Waals surface area contributed by atoms with Crippen LogP contribution in [-0.4, -0.2) is 27.4 Å². The lowest BCUT2D eigenvalue weighted by Crippen LogP contribution is -2.36. The van der Waals surface area contributed by atoms with E-state index < -0.39 is 53.1 Å². The van der Waals surface area contributed by atoms with E-state index in [9.17, 15) is 35.8 Å². The van der Waals surface area contributed by atoms with Gasteiger partial charge in [0.1, 0.15) is 23.6 Å². The summed E-state index contributed by atoms with van der Waals surface area (Å²) in [5.41, 5.74) is -4.36. The van der Waals surface area contributed by atoms with E-state index in [0.29, 0.717) is 6.20 Å². The number of nitriles is 1. The van der Waals surface area contributed by atoms with Gasteiger partial charge in [-0.25, -0.2) is 8.78 Å². The number of alkyl halides is 7. The van der Waals surface area contributed by atoms with Crippen LogP contribution in [0.1, 0.15) is 34.7 Å². The molecule has 12 heteroatoms. The van der Waals surface area contributed by atoms with Gasteiger partial charge >= 0.3 is 12.1 Å². The van der Waals surface area contributed by atoms with E-state index in [1.165, 1.54) is 0 Å². The SMILES string of the molecule is N#Cc1cncc(Oc2cnc(C(F)(F)C(F)(F)F)c3c2[C@@H](F)[C@@H](F)[C@H]3O)c1. The van der Waals surface area contributed by atoms with E-state index in [2.05, 4.69) is 9.97 Å². The van der Waals surface area contributed by atoms with Gasteiger partial charge in [-0.05, 0) is 0 Å². The molecule has 0 radical (unpaired) electrons. The van der Waals surface area contributed by atoms with Crippen molar-refractivity contribution in [3.05, 3.63) is 47.0 Å². The number of nitrogens with zero attached hydrogens (tertiary/aromatic N) is 3. The highest BCUT2D eigenvalue weighted by Gasteiger charge is 2.63. The maximum absolute atomic E-state index is 14.3. The third kappa shape index (κ3) is 3.01. The maximum atomic E-state index is 14.3. The summed E-state index contributed by atoms with van der Waals surface area (Å²) in [6.07, 6.45) is -11.7. The molecule has 28 heavy (non-hydrogen) atoms. The van der Waals surface area contributed by atoms with Crippen molar-refractivity contribution >= 4 is 0 Å². The highest BCUT2D eigenvalue weighted by atomic mass is 19.4. The van der Waals surface area contributed by atoms with Gasteiger partial charge in [-0.3, -0.25) is 9.97 Å². The zero-order valence-electron chi connectivity index (χ0n) is 13.4. The lowest BCUT2D eigenvalue weighted by Gasteiger charge is -2.23. The molecule has 3 rings (SSSR count). The molecule has 0 saturated carbocycles. The first-order valence-corrected chi connectivity index (χ1v) is 7.46. The quantitative estimate of drug-likeness (QED) is 0.772. The van der Waals surface area contributed by atoms with Gasteiger partial charge in [-0.1, -0.05) is 0 Å². The molecule has 1 aliphatic rings. The Labute approximate surface area is 152 Å². The fourth-order valence-corrected chi connectivity index (χ4v) is 2.71. The second-order valence-electron chi connectivity index (χ2n) is 5.78. The van der Waals surface area contributed by atoms with Crippen molar-refractivity contribution in [2.75, 3.05) is 0 Å². The van der Waals surface area contributed by atoms with Gasteiger partial charge in [-0.2, -0.15) is 27.2 Å². The van der Waals surface area contributed by atoms with Crippen LogP contribution in [-0.2, 0) is 5.92 Å². The Morgan fingerprint density at radius 3 is 2.36 bits per heavy atom. The Kier molecular flexibility index (Phi) is 4.66. The number of fused-ring (bicyclic) bond motifs is 1. The smallest absolute Gasteiger partial charge is 0.454 e. The predicted octanol–water partition coefficient (Wildman–Crippen LogP) is 4.19. The molecule has 0 unspecified atom stereocenters. The molecule has 0 bridgehead atoms. The monoisotopic (exact) mass is 407 g/mol. The number of aliphatic hydroxyl groups is 1. The van der Waals surface area contributed by atoms with Gasteiger partial charge in [0.15, 0.2) is 18.1 Å². The van der Waals surface area contributed by atoms with Gasteiger partial charge in [0.25, 0.3) is 0 Å². The van der Waals surface area contributed by atoms with Crippen LogP contribution < -0.4 is 4.74 Å². The van der Waals surface area contributed by atoms with E-state index in [1.807, 2.05) is 0 Å². The summed E-state index contributed by atoms with van der Waals surface area (Å²) in [6.45, 7) is 0. The standard InChI is InChI=1S/C16H8F7N3O2/c17-11-9-8(28-7-1-6(2-24)3-25-4-7)5-26-14(10(9)13(27)12(11)18)15(19,20)16(21,22)23/h1,3-5,11-13,27H/t11-,12-,13+/m1/s1. The number of aliphatic hydroxyl groups excluding tert-OH is 1. The van der Waals surface area contributed by atoms with Crippen molar-refractivity contribution in [1.82, 2.24) is 9.97 Å². The second-order valence-corrected chi connectivity index (χ2v) is 5.78. The number of halogens is 7. The van der Waals surface area contributed by atoms with Crippen LogP contribution in [0.3, 0.4) is 0 Å². The molecule has 2 aromatic heterocycles. The van der Waals surface area contributed by atoms with Crippen molar-refractivity contribution in [1.29, 1.82) is 5.26 Å². The van der Waals surface area contributed by atoms with Crippen molar-refractivity contribution in [3.63, 3.8) is 0 Å². The van der Waals surface area contributed by atoms with E-state index in [0.717, 1.165) is 18.5 Å². The fourth-order valence-electron chi connectivity index (χ4n) is 2.71. The van der Waals surface area contributed by atoms with E-state index in [4.69, 9.17) is 10.00 Å². The molecule has 1 N–H and O–H groups in total. The van der Waals surface area contributed by atoms with Crippen LogP contribution in [0, 0.1) is 11.3 Å². The first-order chi connectivity index (χ1) is 13.0. The zero-order valence-corrected chi connectivity index (χ0v) is 13.4. The van der Waals surface area contributed by atoms with Crippen LogP contribution in [0.25, 0.3) is 0 Å². The molecule has 0 aliphatic heterocycles. The third-order valence-electron chi connectivity index (χ3n) is 4.00. The number of ether oxygens (including phenoxy) is 1. The molecule has 0 saturated heterocycles. The van der Waals surface area contributed by atoms with Gasteiger partial charge in [0.05, 0.1) is 18.0 Å². The van der Waals surface area contributed by atoms with Crippen LogP contribution in [0.15, 0.2) is 24.7 Å². The molecule has 2 heterocycles. The Balaban J connectivity index is 2.17. The first kappa shape index (κ1) is 19.8. The lowest BCUT2D eigenvalue weighted by molar-refractivity contribution is -0.291. The molecule has 0 fully saturated rings. The van der Waals surface area contributed by atoms with E-state index in [1.54, 1.807) is 6.07 Å². The van der Waals surface area contributed by atoms with Crippen molar-refractivity contribution < 1.29 is 40.6 Å². The molecule has 3 atom stereocenters. The Bertz CT molecular complexity index is 958. The van der Waals surface area contributed by atoms with Gasteiger partial charge in [0.2, 0.25) is 0 Å². The largest absolute Gasteiger partial charge is 0.459 e. The maximum Gasteiger partial charge on any atom is 0.459 e. The van der Waals surface area contributed by atoms with Gasteiger partial charge < -0.3 is 9.84 Å². The molecule has 0 aromatic carbocycles. The average Bonchev–Trinajstić information content (AvgIpc) is 2.86. The minimum absolute atomic E-state index is 0.00234. The third-order valence-corrected chi connectivity index (χ3v) is 4.00. The Morgan fingerprint density at radius 1 is 1.07 bits per heavy atom. The van der Waals surface area contributed by atoms with Gasteiger partial charge in [0, 0.05) is 23.4 Å². The summed E-state index contributed by atoms with van der Waals surface area (Å²) in [6, 6.07) is 2.83. The van der Waals surface area contributed by atoms with Crippen molar-refractivity contribution in [3.8, 4) is 17.6 Å². The topological polar surface area (TPSA) is 79.0 Å². The molecule has 148 valence electrons. The number of rotatable bonds is 3. The van der Waals surface area contributed by atoms with Crippen LogP contribution in [0.5, 0.6) is 11.5 Å². The normalized spacial score (nSPS) is 21.9. The summed E-state index contributed by atoms with van der Waals surface area (Å²) in [4.78, 5) is 6.60. The predicted molar refractivity (Wildman–Crippen MR) is 76.9 cm³/mol. The summed E-state index contributed by atoms with van der Waals surface area (Å²) in [5.74, 6) is -6.47. The average molecular weight is 407 g/mol. The number of hydrogen-bond donors (Lipinski definition) is 1.